The van der Waals surface area contributed by atoms with Gasteiger partial charge in [0, 0.05) is 7.05 Å². The lowest BCUT2D eigenvalue weighted by molar-refractivity contribution is 0.0767. The molecule has 0 radical (unpaired) electrons. The number of hydrogen-bond acceptors (Lipinski definition) is 4. The lowest BCUT2D eigenvalue weighted by atomic mass is 10.3. The molecular weight excluding hydrogens is 266 g/mol. The third-order valence-electron chi connectivity index (χ3n) is 1.81. The first-order valence-electron chi connectivity index (χ1n) is 3.83. The van der Waals surface area contributed by atoms with E-state index < -0.39 is 6.04 Å². The third kappa shape index (κ3) is 2.11. The number of rotatable bonds is 2. The summed E-state index contributed by atoms with van der Waals surface area (Å²) in [4.78, 5) is 17.0. The molecule has 1 amide bonds. The molecule has 0 aromatic carbocycles. The van der Waals surface area contributed by atoms with Crippen molar-refractivity contribution in [3.05, 3.63) is 15.0 Å². The fourth-order valence-electron chi connectivity index (χ4n) is 0.801. The zero-order valence-corrected chi connectivity index (χ0v) is 10.1. The van der Waals surface area contributed by atoms with Crippen LogP contribution in [0.5, 0.6) is 0 Å². The normalized spacial score (nSPS) is 11.9. The number of hydrogen-bond donors (Lipinski definition) is 0. The second kappa shape index (κ2) is 4.53. The van der Waals surface area contributed by atoms with Gasteiger partial charge in [-0.1, -0.05) is 0 Å². The van der Waals surface area contributed by atoms with E-state index in [-0.39, 0.29) is 5.91 Å². The fourth-order valence-corrected chi connectivity index (χ4v) is 1.83. The summed E-state index contributed by atoms with van der Waals surface area (Å²) in [7, 11) is 1.59. The van der Waals surface area contributed by atoms with Crippen LogP contribution in [0, 0.1) is 11.3 Å². The van der Waals surface area contributed by atoms with Crippen LogP contribution in [-0.4, -0.2) is 28.9 Å². The number of amides is 1. The molecule has 0 aliphatic rings. The number of halogens is 1. The van der Waals surface area contributed by atoms with Crippen molar-refractivity contribution in [3.63, 3.8) is 0 Å². The number of nitrogens with zero attached hydrogens (tertiary/aromatic N) is 3. The molecule has 14 heavy (non-hydrogen) atoms. The minimum atomic E-state index is -0.448. The van der Waals surface area contributed by atoms with E-state index >= 15 is 0 Å². The van der Waals surface area contributed by atoms with Gasteiger partial charge in [0.25, 0.3) is 5.91 Å². The maximum absolute atomic E-state index is 11.7. The van der Waals surface area contributed by atoms with Gasteiger partial charge in [-0.05, 0) is 22.9 Å². The van der Waals surface area contributed by atoms with Crippen LogP contribution < -0.4 is 0 Å². The highest BCUT2D eigenvalue weighted by atomic mass is 79.9. The highest BCUT2D eigenvalue weighted by Gasteiger charge is 2.21. The Morgan fingerprint density at radius 2 is 2.50 bits per heavy atom. The quantitative estimate of drug-likeness (QED) is 0.827. The molecule has 1 rings (SSSR count). The van der Waals surface area contributed by atoms with E-state index in [1.807, 2.05) is 6.07 Å². The first-order chi connectivity index (χ1) is 6.57. The first-order valence-corrected chi connectivity index (χ1v) is 5.51. The molecule has 1 aromatic heterocycles. The van der Waals surface area contributed by atoms with Gasteiger partial charge in [-0.2, -0.15) is 5.26 Å². The van der Waals surface area contributed by atoms with Gasteiger partial charge >= 0.3 is 0 Å². The summed E-state index contributed by atoms with van der Waals surface area (Å²) in [5.74, 6) is -0.243. The van der Waals surface area contributed by atoms with Crippen molar-refractivity contribution in [2.45, 2.75) is 13.0 Å². The Morgan fingerprint density at radius 3 is 2.93 bits per heavy atom. The van der Waals surface area contributed by atoms with E-state index in [1.54, 1.807) is 19.5 Å². The summed E-state index contributed by atoms with van der Waals surface area (Å²) in [5.41, 5.74) is 1.95. The molecule has 0 aliphatic carbocycles. The van der Waals surface area contributed by atoms with Crippen LogP contribution in [0.25, 0.3) is 0 Å². The summed E-state index contributed by atoms with van der Waals surface area (Å²) >= 11 is 4.58. The van der Waals surface area contributed by atoms with Crippen LogP contribution in [0.3, 0.4) is 0 Å². The predicted molar refractivity (Wildman–Crippen MR) is 57.0 cm³/mol. The van der Waals surface area contributed by atoms with Gasteiger partial charge in [0.05, 0.1) is 11.6 Å². The molecule has 1 heterocycles. The molecule has 1 aromatic rings. The zero-order chi connectivity index (χ0) is 10.7. The van der Waals surface area contributed by atoms with Gasteiger partial charge in [0.1, 0.15) is 9.83 Å². The molecule has 1 unspecified atom stereocenters. The van der Waals surface area contributed by atoms with Gasteiger partial charge in [0.15, 0.2) is 5.69 Å². The van der Waals surface area contributed by atoms with Crippen molar-refractivity contribution in [1.82, 2.24) is 9.88 Å². The van der Waals surface area contributed by atoms with Crippen LogP contribution in [0.15, 0.2) is 9.30 Å². The number of carbonyl (C=O) groups is 1. The molecule has 1 atom stereocenters. The minimum Gasteiger partial charge on any atom is -0.325 e. The molecule has 6 heteroatoms. The van der Waals surface area contributed by atoms with Crippen LogP contribution >= 0.6 is 27.3 Å². The fraction of sp³-hybridized carbons (Fsp3) is 0.375. The Balaban J connectivity index is 2.87. The summed E-state index contributed by atoms with van der Waals surface area (Å²) < 4.78 is 0.694. The molecule has 0 saturated heterocycles. The molecule has 0 aliphatic heterocycles. The van der Waals surface area contributed by atoms with E-state index in [1.165, 1.54) is 16.2 Å². The second-order valence-electron chi connectivity index (χ2n) is 2.70. The van der Waals surface area contributed by atoms with Crippen LogP contribution in [0.1, 0.15) is 17.4 Å². The Morgan fingerprint density at radius 1 is 1.86 bits per heavy atom. The topological polar surface area (TPSA) is 57.0 Å². The second-order valence-corrected chi connectivity index (χ2v) is 4.87. The van der Waals surface area contributed by atoms with Crippen molar-refractivity contribution in [1.29, 1.82) is 5.26 Å². The number of nitriles is 1. The number of aromatic nitrogens is 1. The van der Waals surface area contributed by atoms with Crippen LogP contribution in [0.4, 0.5) is 0 Å². The summed E-state index contributed by atoms with van der Waals surface area (Å²) in [6, 6.07) is 1.54. The van der Waals surface area contributed by atoms with Crippen molar-refractivity contribution >= 4 is 33.2 Å². The van der Waals surface area contributed by atoms with Crippen molar-refractivity contribution in [2.75, 3.05) is 7.05 Å². The third-order valence-corrected chi connectivity index (χ3v) is 3.36. The monoisotopic (exact) mass is 273 g/mol. The minimum absolute atomic E-state index is 0.243. The van der Waals surface area contributed by atoms with E-state index in [2.05, 4.69) is 20.9 Å². The highest BCUT2D eigenvalue weighted by molar-refractivity contribution is 9.11. The van der Waals surface area contributed by atoms with E-state index in [4.69, 9.17) is 5.26 Å². The molecule has 0 N–H and O–H groups in total. The van der Waals surface area contributed by atoms with Crippen LogP contribution in [-0.2, 0) is 0 Å². The predicted octanol–water partition coefficient (Wildman–Crippen LogP) is 1.89. The Hall–Kier alpha value is -0.930. The summed E-state index contributed by atoms with van der Waals surface area (Å²) in [6.45, 7) is 1.66. The molecule has 0 bridgehead atoms. The Kier molecular flexibility index (Phi) is 3.61. The number of thiazole rings is 1. The Bertz CT molecular complexity index is 384. The average Bonchev–Trinajstić information content (AvgIpc) is 2.61. The van der Waals surface area contributed by atoms with E-state index in [0.717, 1.165) is 0 Å². The van der Waals surface area contributed by atoms with E-state index in [9.17, 15) is 4.79 Å². The SMILES string of the molecule is CC(C#N)N(C)C(=O)c1ncsc1Br. The summed E-state index contributed by atoms with van der Waals surface area (Å²) in [5, 5.41) is 8.65. The van der Waals surface area contributed by atoms with Gasteiger partial charge in [0.2, 0.25) is 0 Å². The van der Waals surface area contributed by atoms with Crippen molar-refractivity contribution in [2.24, 2.45) is 0 Å². The molecule has 4 nitrogen and oxygen atoms in total. The maximum Gasteiger partial charge on any atom is 0.275 e. The van der Waals surface area contributed by atoms with Crippen LogP contribution in [0.2, 0.25) is 0 Å². The van der Waals surface area contributed by atoms with Gasteiger partial charge in [-0.25, -0.2) is 4.98 Å². The van der Waals surface area contributed by atoms with Gasteiger partial charge < -0.3 is 4.90 Å². The summed E-state index contributed by atoms with van der Waals surface area (Å²) in [6.07, 6.45) is 0. The first kappa shape index (κ1) is 11.1. The highest BCUT2D eigenvalue weighted by Crippen LogP contribution is 2.21. The van der Waals surface area contributed by atoms with Crippen molar-refractivity contribution in [3.8, 4) is 6.07 Å². The molecular formula is C8H8BrN3OS. The lowest BCUT2D eigenvalue weighted by Crippen LogP contribution is -2.34. The standard InChI is InChI=1S/C8H8BrN3OS/c1-5(3-10)12(2)8(13)6-7(9)14-4-11-6/h4-5H,1-2H3. The molecule has 74 valence electrons. The molecule has 0 fully saturated rings. The largest absolute Gasteiger partial charge is 0.325 e. The number of carbonyl (C=O) groups excluding carboxylic acids is 1. The smallest absolute Gasteiger partial charge is 0.275 e. The molecule has 0 spiro atoms. The van der Waals surface area contributed by atoms with Gasteiger partial charge in [-0.3, -0.25) is 4.79 Å². The Labute approximate surface area is 94.3 Å². The zero-order valence-electron chi connectivity index (χ0n) is 7.69. The van der Waals surface area contributed by atoms with Crippen molar-refractivity contribution < 1.29 is 4.79 Å². The average molecular weight is 274 g/mol. The lowest BCUT2D eigenvalue weighted by Gasteiger charge is -2.18. The maximum atomic E-state index is 11.7. The molecule has 0 saturated carbocycles. The van der Waals surface area contributed by atoms with E-state index in [0.29, 0.717) is 9.48 Å². The van der Waals surface area contributed by atoms with Gasteiger partial charge in [-0.15, -0.1) is 11.3 Å².